The zero-order chi connectivity index (χ0) is 16.3. The molecular weight excluding hydrogens is 332 g/mol. The summed E-state index contributed by atoms with van der Waals surface area (Å²) in [4.78, 5) is 8.52. The molecule has 0 radical (unpaired) electrons. The van der Waals surface area contributed by atoms with Crippen molar-refractivity contribution in [2.45, 2.75) is 0 Å². The van der Waals surface area contributed by atoms with Gasteiger partial charge in [0.1, 0.15) is 0 Å². The normalized spacial score (nSPS) is 11.2. The number of pyridine rings is 1. The van der Waals surface area contributed by atoms with E-state index in [2.05, 4.69) is 20.0 Å². The van der Waals surface area contributed by atoms with E-state index >= 15 is 0 Å². The van der Waals surface area contributed by atoms with Gasteiger partial charge in [-0.1, -0.05) is 0 Å². The second kappa shape index (κ2) is 6.35. The summed E-state index contributed by atoms with van der Waals surface area (Å²) in [7, 11) is -3.26. The van der Waals surface area contributed by atoms with E-state index in [4.69, 9.17) is 0 Å². The monoisotopic (exact) mass is 346 g/mol. The van der Waals surface area contributed by atoms with Crippen LogP contribution in [-0.4, -0.2) is 24.6 Å². The van der Waals surface area contributed by atoms with Crippen LogP contribution in [0.5, 0.6) is 0 Å². The average molecular weight is 346 g/mol. The molecule has 0 aliphatic heterocycles. The Morgan fingerprint density at radius 3 is 2.30 bits per heavy atom. The molecule has 0 saturated heterocycles. The number of nitrogens with zero attached hydrogens (tertiary/aromatic N) is 2. The fourth-order valence-corrected chi connectivity index (χ4v) is 3.25. The molecule has 3 aromatic rings. The van der Waals surface area contributed by atoms with Gasteiger partial charge in [0.05, 0.1) is 11.9 Å². The maximum atomic E-state index is 11.2. The van der Waals surface area contributed by atoms with Crippen molar-refractivity contribution in [3.05, 3.63) is 54.2 Å². The van der Waals surface area contributed by atoms with Gasteiger partial charge in [-0.3, -0.25) is 9.71 Å². The summed E-state index contributed by atoms with van der Waals surface area (Å²) >= 11 is 1.50. The van der Waals surface area contributed by atoms with Crippen LogP contribution < -0.4 is 10.0 Å². The fraction of sp³-hybridized carbons (Fsp3) is 0.0667. The van der Waals surface area contributed by atoms with Gasteiger partial charge in [0.2, 0.25) is 10.0 Å². The summed E-state index contributed by atoms with van der Waals surface area (Å²) in [5, 5.41) is 5.93. The van der Waals surface area contributed by atoms with E-state index in [0.29, 0.717) is 5.69 Å². The summed E-state index contributed by atoms with van der Waals surface area (Å²) in [5.41, 5.74) is 3.25. The first kappa shape index (κ1) is 15.4. The highest BCUT2D eigenvalue weighted by Crippen LogP contribution is 2.27. The van der Waals surface area contributed by atoms with Crippen LogP contribution in [0, 0.1) is 0 Å². The lowest BCUT2D eigenvalue weighted by Crippen LogP contribution is -2.09. The Hall–Kier alpha value is -2.45. The molecule has 6 nitrogen and oxygen atoms in total. The topological polar surface area (TPSA) is 84.0 Å². The van der Waals surface area contributed by atoms with Crippen LogP contribution in [0.1, 0.15) is 0 Å². The molecule has 23 heavy (non-hydrogen) atoms. The average Bonchev–Trinajstić information content (AvgIpc) is 2.97. The molecule has 0 saturated carbocycles. The standard InChI is InChI=1S/C15H14N4O2S2/c1-23(20,21)19-13-4-2-12(3-5-13)17-15-18-14(10-22-15)11-6-8-16-9-7-11/h2-10,19H,1H3,(H,17,18). The Morgan fingerprint density at radius 1 is 1.00 bits per heavy atom. The van der Waals surface area contributed by atoms with Crippen molar-refractivity contribution in [3.63, 3.8) is 0 Å². The molecule has 2 heterocycles. The van der Waals surface area contributed by atoms with Gasteiger partial charge in [-0.25, -0.2) is 13.4 Å². The number of hydrogen-bond donors (Lipinski definition) is 2. The number of thiazole rings is 1. The first-order valence-corrected chi connectivity index (χ1v) is 9.47. The molecule has 0 bridgehead atoms. The molecule has 3 rings (SSSR count). The smallest absolute Gasteiger partial charge is 0.229 e. The third-order valence-electron chi connectivity index (χ3n) is 2.92. The van der Waals surface area contributed by atoms with Crippen LogP contribution in [0.4, 0.5) is 16.5 Å². The first-order valence-electron chi connectivity index (χ1n) is 6.70. The summed E-state index contributed by atoms with van der Waals surface area (Å²) < 4.78 is 24.8. The van der Waals surface area contributed by atoms with Gasteiger partial charge in [0.25, 0.3) is 0 Å². The zero-order valence-corrected chi connectivity index (χ0v) is 13.9. The van der Waals surface area contributed by atoms with Crippen molar-refractivity contribution in [1.82, 2.24) is 9.97 Å². The molecule has 8 heteroatoms. The Labute approximate surface area is 138 Å². The molecule has 0 spiro atoms. The predicted octanol–water partition coefficient (Wildman–Crippen LogP) is 3.32. The Balaban J connectivity index is 1.72. The summed E-state index contributed by atoms with van der Waals surface area (Å²) in [6, 6.07) is 10.8. The van der Waals surface area contributed by atoms with Crippen molar-refractivity contribution in [1.29, 1.82) is 0 Å². The molecule has 2 N–H and O–H groups in total. The van der Waals surface area contributed by atoms with Crippen molar-refractivity contribution in [2.24, 2.45) is 0 Å². The minimum atomic E-state index is -3.26. The molecule has 2 aromatic heterocycles. The highest BCUT2D eigenvalue weighted by Gasteiger charge is 2.05. The van der Waals surface area contributed by atoms with E-state index in [0.717, 1.165) is 28.3 Å². The van der Waals surface area contributed by atoms with E-state index in [1.54, 1.807) is 36.7 Å². The third kappa shape index (κ3) is 4.27. The van der Waals surface area contributed by atoms with Gasteiger partial charge in [0.15, 0.2) is 5.13 Å². The number of benzene rings is 1. The quantitative estimate of drug-likeness (QED) is 0.740. The van der Waals surface area contributed by atoms with Gasteiger partial charge < -0.3 is 5.32 Å². The molecule has 0 aliphatic carbocycles. The van der Waals surface area contributed by atoms with Gasteiger partial charge in [0, 0.05) is 34.7 Å². The van der Waals surface area contributed by atoms with Crippen molar-refractivity contribution in [3.8, 4) is 11.3 Å². The molecular formula is C15H14N4O2S2. The van der Waals surface area contributed by atoms with E-state index in [1.165, 1.54) is 11.3 Å². The van der Waals surface area contributed by atoms with Crippen LogP contribution in [0.25, 0.3) is 11.3 Å². The largest absolute Gasteiger partial charge is 0.332 e. The van der Waals surface area contributed by atoms with Crippen LogP contribution in [0.15, 0.2) is 54.2 Å². The Kier molecular flexibility index (Phi) is 4.26. The maximum Gasteiger partial charge on any atom is 0.229 e. The number of sulfonamides is 1. The highest BCUT2D eigenvalue weighted by molar-refractivity contribution is 7.92. The van der Waals surface area contributed by atoms with Crippen LogP contribution in [-0.2, 0) is 10.0 Å². The van der Waals surface area contributed by atoms with E-state index < -0.39 is 10.0 Å². The predicted molar refractivity (Wildman–Crippen MR) is 93.5 cm³/mol. The first-order chi connectivity index (χ1) is 11.0. The molecule has 0 unspecified atom stereocenters. The lowest BCUT2D eigenvalue weighted by atomic mass is 10.2. The molecule has 0 fully saturated rings. The second-order valence-corrected chi connectivity index (χ2v) is 7.46. The minimum absolute atomic E-state index is 0.523. The van der Waals surface area contributed by atoms with Gasteiger partial charge >= 0.3 is 0 Å². The lowest BCUT2D eigenvalue weighted by Gasteiger charge is -2.06. The Bertz CT molecular complexity index is 891. The third-order valence-corrected chi connectivity index (χ3v) is 4.28. The summed E-state index contributed by atoms with van der Waals surface area (Å²) in [6.45, 7) is 0. The van der Waals surface area contributed by atoms with Crippen molar-refractivity contribution in [2.75, 3.05) is 16.3 Å². The highest BCUT2D eigenvalue weighted by atomic mass is 32.2. The number of rotatable bonds is 5. The molecule has 0 atom stereocenters. The second-order valence-electron chi connectivity index (χ2n) is 4.85. The van der Waals surface area contributed by atoms with Crippen molar-refractivity contribution >= 4 is 37.9 Å². The fourth-order valence-electron chi connectivity index (χ4n) is 1.95. The number of anilines is 3. The van der Waals surface area contributed by atoms with E-state index in [9.17, 15) is 8.42 Å². The summed E-state index contributed by atoms with van der Waals surface area (Å²) in [5.74, 6) is 0. The number of hydrogen-bond acceptors (Lipinski definition) is 6. The van der Waals surface area contributed by atoms with Gasteiger partial charge in [-0.05, 0) is 36.4 Å². The number of nitrogens with one attached hydrogen (secondary N) is 2. The maximum absolute atomic E-state index is 11.2. The van der Waals surface area contributed by atoms with Crippen LogP contribution >= 0.6 is 11.3 Å². The van der Waals surface area contributed by atoms with Crippen LogP contribution in [0.3, 0.4) is 0 Å². The molecule has 0 amide bonds. The van der Waals surface area contributed by atoms with Crippen LogP contribution in [0.2, 0.25) is 0 Å². The zero-order valence-electron chi connectivity index (χ0n) is 12.2. The SMILES string of the molecule is CS(=O)(=O)Nc1ccc(Nc2nc(-c3ccncc3)cs2)cc1. The lowest BCUT2D eigenvalue weighted by molar-refractivity contribution is 0.607. The minimum Gasteiger partial charge on any atom is -0.332 e. The molecule has 0 aliphatic rings. The van der Waals surface area contributed by atoms with Crippen molar-refractivity contribution < 1.29 is 8.42 Å². The van der Waals surface area contributed by atoms with E-state index in [-0.39, 0.29) is 0 Å². The molecule has 118 valence electrons. The van der Waals surface area contributed by atoms with Gasteiger partial charge in [-0.2, -0.15) is 0 Å². The summed E-state index contributed by atoms with van der Waals surface area (Å²) in [6.07, 6.45) is 4.58. The number of aromatic nitrogens is 2. The molecule has 1 aromatic carbocycles. The van der Waals surface area contributed by atoms with Gasteiger partial charge in [-0.15, -0.1) is 11.3 Å². The Morgan fingerprint density at radius 2 is 1.65 bits per heavy atom. The van der Waals surface area contributed by atoms with E-state index in [1.807, 2.05) is 17.5 Å².